The van der Waals surface area contributed by atoms with Gasteiger partial charge in [-0.25, -0.2) is 8.42 Å². The van der Waals surface area contributed by atoms with Gasteiger partial charge in [-0.3, -0.25) is 13.9 Å². The second kappa shape index (κ2) is 10.4. The summed E-state index contributed by atoms with van der Waals surface area (Å²) in [5, 5.41) is 2.99. The van der Waals surface area contributed by atoms with Crippen LogP contribution in [0, 0.1) is 0 Å². The number of nitrogens with one attached hydrogen (secondary N) is 1. The van der Waals surface area contributed by atoms with E-state index in [1.165, 1.54) is 25.1 Å². The largest absolute Gasteiger partial charge is 0.486 e. The molecule has 0 radical (unpaired) electrons. The number of carbonyl (C=O) groups is 2. The van der Waals surface area contributed by atoms with Crippen LogP contribution in [0.15, 0.2) is 66.7 Å². The molecule has 0 spiro atoms. The number of benzene rings is 3. The molecule has 4 rings (SSSR count). The van der Waals surface area contributed by atoms with E-state index >= 15 is 0 Å². The maximum atomic E-state index is 13.0. The van der Waals surface area contributed by atoms with Gasteiger partial charge in [0.25, 0.3) is 0 Å². The fraction of sp³-hybridized carbons (Fsp3) is 0.200. The zero-order valence-electron chi connectivity index (χ0n) is 18.9. The minimum absolute atomic E-state index is 0.196. The smallest absolute Gasteiger partial charge is 0.245 e. The second-order valence-corrected chi connectivity index (χ2v) is 10.3. The van der Waals surface area contributed by atoms with Crippen LogP contribution in [0.5, 0.6) is 11.5 Å². The fourth-order valence-corrected chi connectivity index (χ4v) is 4.80. The second-order valence-electron chi connectivity index (χ2n) is 7.67. The molecule has 8 nitrogen and oxygen atoms in total. The lowest BCUT2D eigenvalue weighted by Crippen LogP contribution is -2.39. The van der Waals surface area contributed by atoms with Gasteiger partial charge in [-0.05, 0) is 37.3 Å². The Hall–Kier alpha value is -3.56. The Morgan fingerprint density at radius 1 is 0.971 bits per heavy atom. The Kier molecular flexibility index (Phi) is 7.28. The molecule has 0 atom stereocenters. The van der Waals surface area contributed by atoms with Crippen molar-refractivity contribution in [1.82, 2.24) is 0 Å². The Balaban J connectivity index is 1.61. The highest BCUT2D eigenvalue weighted by atomic mass is 35.5. The van der Waals surface area contributed by atoms with Crippen LogP contribution in [0.1, 0.15) is 22.8 Å². The maximum absolute atomic E-state index is 13.0. The number of hydrogen-bond donors (Lipinski definition) is 1. The monoisotopic (exact) mass is 514 g/mol. The molecule has 0 bridgehead atoms. The average Bonchev–Trinajstić information content (AvgIpc) is 2.88. The van der Waals surface area contributed by atoms with E-state index in [0.717, 1.165) is 4.31 Å². The van der Waals surface area contributed by atoms with Crippen LogP contribution in [0.4, 0.5) is 11.4 Å². The van der Waals surface area contributed by atoms with Crippen LogP contribution in [0.3, 0.4) is 0 Å². The van der Waals surface area contributed by atoms with Gasteiger partial charge in [-0.2, -0.15) is 0 Å². The molecule has 3 aromatic carbocycles. The van der Waals surface area contributed by atoms with Crippen LogP contribution in [0.2, 0.25) is 5.02 Å². The number of sulfonamides is 1. The molecule has 0 saturated carbocycles. The third-order valence-corrected chi connectivity index (χ3v) is 7.31. The molecule has 3 aromatic rings. The molecule has 1 aliphatic rings. The van der Waals surface area contributed by atoms with E-state index < -0.39 is 22.5 Å². The number of rotatable bonds is 8. The highest BCUT2D eigenvalue weighted by Gasteiger charge is 2.26. The number of halogens is 1. The van der Waals surface area contributed by atoms with Crippen LogP contribution in [0.25, 0.3) is 0 Å². The first kappa shape index (κ1) is 24.6. The number of ketones is 1. The number of ether oxygens (including phenoxy) is 2. The summed E-state index contributed by atoms with van der Waals surface area (Å²) in [6.07, 6.45) is 0. The normalized spacial score (nSPS) is 12.6. The highest BCUT2D eigenvalue weighted by Crippen LogP contribution is 2.35. The number of nitrogens with zero attached hydrogens (tertiary/aromatic N) is 1. The summed E-state index contributed by atoms with van der Waals surface area (Å²) in [6, 6.07) is 17.8. The maximum Gasteiger partial charge on any atom is 0.245 e. The molecular formula is C25H23ClN2O6S. The highest BCUT2D eigenvalue weighted by molar-refractivity contribution is 7.92. The molecule has 10 heteroatoms. The summed E-state index contributed by atoms with van der Waals surface area (Å²) in [5.74, 6) is -0.259. The van der Waals surface area contributed by atoms with Gasteiger partial charge in [0.2, 0.25) is 15.9 Å². The molecule has 0 aliphatic carbocycles. The third-order valence-electron chi connectivity index (χ3n) is 5.34. The van der Waals surface area contributed by atoms with E-state index in [4.69, 9.17) is 21.1 Å². The predicted molar refractivity (Wildman–Crippen MR) is 134 cm³/mol. The zero-order valence-corrected chi connectivity index (χ0v) is 20.4. The minimum atomic E-state index is -3.82. The lowest BCUT2D eigenvalue weighted by atomic mass is 10.0. The molecule has 182 valence electrons. The molecule has 0 unspecified atom stereocenters. The average molecular weight is 515 g/mol. The summed E-state index contributed by atoms with van der Waals surface area (Å²) in [7, 11) is -3.82. The number of anilines is 2. The SMILES string of the molecule is CCS(=O)(=O)N(CC(=O)Nc1ccc(Cl)cc1C(=O)c1ccccc1)c1ccc2c(c1)OCCO2. The molecular weight excluding hydrogens is 492 g/mol. The van der Waals surface area contributed by atoms with Gasteiger partial charge in [0.1, 0.15) is 19.8 Å². The van der Waals surface area contributed by atoms with Gasteiger partial charge in [0.05, 0.1) is 17.1 Å². The quantitative estimate of drug-likeness (QED) is 0.453. The Morgan fingerprint density at radius 2 is 1.69 bits per heavy atom. The summed E-state index contributed by atoms with van der Waals surface area (Å²) in [4.78, 5) is 26.1. The van der Waals surface area contributed by atoms with Gasteiger partial charge in [0, 0.05) is 22.2 Å². The van der Waals surface area contributed by atoms with Crippen molar-refractivity contribution in [2.45, 2.75) is 6.92 Å². The van der Waals surface area contributed by atoms with Crippen LogP contribution < -0.4 is 19.1 Å². The minimum Gasteiger partial charge on any atom is -0.486 e. The summed E-state index contributed by atoms with van der Waals surface area (Å²) in [5.41, 5.74) is 1.12. The van der Waals surface area contributed by atoms with E-state index in [1.54, 1.807) is 48.5 Å². The fourth-order valence-electron chi connectivity index (χ4n) is 3.57. The van der Waals surface area contributed by atoms with Gasteiger partial charge < -0.3 is 14.8 Å². The van der Waals surface area contributed by atoms with E-state index in [0.29, 0.717) is 35.3 Å². The van der Waals surface area contributed by atoms with E-state index in [1.807, 2.05) is 0 Å². The van der Waals surface area contributed by atoms with Gasteiger partial charge >= 0.3 is 0 Å². The molecule has 35 heavy (non-hydrogen) atoms. The summed E-state index contributed by atoms with van der Waals surface area (Å²) >= 11 is 6.11. The molecule has 1 aliphatic heterocycles. The van der Waals surface area contributed by atoms with Gasteiger partial charge in [-0.15, -0.1) is 0 Å². The van der Waals surface area contributed by atoms with Crippen LogP contribution in [-0.2, 0) is 14.8 Å². The van der Waals surface area contributed by atoms with Crippen molar-refractivity contribution in [3.05, 3.63) is 82.9 Å². The number of amides is 1. The molecule has 0 aromatic heterocycles. The molecule has 1 heterocycles. The summed E-state index contributed by atoms with van der Waals surface area (Å²) in [6.45, 7) is 1.73. The predicted octanol–water partition coefficient (Wildman–Crippen LogP) is 4.14. The summed E-state index contributed by atoms with van der Waals surface area (Å²) < 4.78 is 37.8. The van der Waals surface area contributed by atoms with Crippen LogP contribution >= 0.6 is 11.6 Å². The molecule has 0 saturated heterocycles. The Morgan fingerprint density at radius 3 is 2.40 bits per heavy atom. The first-order valence-corrected chi connectivity index (χ1v) is 12.9. The van der Waals surface area contributed by atoms with Crippen LogP contribution in [-0.4, -0.2) is 45.6 Å². The van der Waals surface area contributed by atoms with Gasteiger partial charge in [-0.1, -0.05) is 41.9 Å². The number of hydrogen-bond acceptors (Lipinski definition) is 6. The number of fused-ring (bicyclic) bond motifs is 1. The van der Waals surface area contributed by atoms with Crippen molar-refractivity contribution in [2.24, 2.45) is 0 Å². The van der Waals surface area contributed by atoms with E-state index in [2.05, 4.69) is 5.32 Å². The van der Waals surface area contributed by atoms with E-state index in [-0.39, 0.29) is 28.5 Å². The van der Waals surface area contributed by atoms with Crippen molar-refractivity contribution >= 4 is 44.7 Å². The zero-order chi connectivity index (χ0) is 25.0. The van der Waals surface area contributed by atoms with Crippen molar-refractivity contribution < 1.29 is 27.5 Å². The molecule has 1 N–H and O–H groups in total. The van der Waals surface area contributed by atoms with Crippen molar-refractivity contribution in [2.75, 3.05) is 35.1 Å². The van der Waals surface area contributed by atoms with Gasteiger partial charge in [0.15, 0.2) is 17.3 Å². The lowest BCUT2D eigenvalue weighted by Gasteiger charge is -2.26. The first-order valence-electron chi connectivity index (χ1n) is 10.9. The van der Waals surface area contributed by atoms with Crippen molar-refractivity contribution in [3.8, 4) is 11.5 Å². The Bertz CT molecular complexity index is 1360. The topological polar surface area (TPSA) is 102 Å². The molecule has 1 amide bonds. The van der Waals surface area contributed by atoms with Crippen molar-refractivity contribution in [3.63, 3.8) is 0 Å². The van der Waals surface area contributed by atoms with Crippen molar-refractivity contribution in [1.29, 1.82) is 0 Å². The lowest BCUT2D eigenvalue weighted by molar-refractivity contribution is -0.114. The molecule has 0 fully saturated rings. The van der Waals surface area contributed by atoms with E-state index in [9.17, 15) is 18.0 Å². The third kappa shape index (κ3) is 5.58. The number of carbonyl (C=O) groups excluding carboxylic acids is 2. The Labute approximate surface area is 208 Å². The first-order chi connectivity index (χ1) is 16.8. The standard InChI is InChI=1S/C25H23ClN2O6S/c1-2-35(31,32)28(19-9-11-22-23(15-19)34-13-12-33-22)16-24(29)27-21-10-8-18(26)14-20(21)25(30)17-6-4-3-5-7-17/h3-11,14-15H,2,12-13,16H2,1H3,(H,27,29).